The van der Waals surface area contributed by atoms with E-state index in [-0.39, 0.29) is 4.88 Å². The fourth-order valence-corrected chi connectivity index (χ4v) is 4.38. The molecule has 4 rings (SSSR count). The zero-order chi connectivity index (χ0) is 22.1. The Kier molecular flexibility index (Phi) is 6.16. The maximum absolute atomic E-state index is 13.1. The first kappa shape index (κ1) is 22.2. The van der Waals surface area contributed by atoms with Crippen molar-refractivity contribution in [2.75, 3.05) is 12.8 Å². The van der Waals surface area contributed by atoms with Crippen LogP contribution in [0, 0.1) is 5.92 Å². The summed E-state index contributed by atoms with van der Waals surface area (Å²) in [7, 11) is 1.64. The molecule has 0 radical (unpaired) electrons. The number of aromatic nitrogens is 2. The topological polar surface area (TPSA) is 105 Å². The van der Waals surface area contributed by atoms with Gasteiger partial charge >= 0.3 is 0 Å². The molecule has 1 saturated carbocycles. The first-order valence-corrected chi connectivity index (χ1v) is 10.4. The fraction of sp³-hybridized carbons (Fsp3) is 0.381. The monoisotopic (exact) mass is 434 g/mol. The Morgan fingerprint density at radius 3 is 2.60 bits per heavy atom. The van der Waals surface area contributed by atoms with Gasteiger partial charge in [-0.25, -0.2) is 18.7 Å². The third-order valence-corrected chi connectivity index (χ3v) is 6.08. The standard InChI is InChI=1S/C19H18F2N4O2S.C2H6/c1-23-8-12-4-11(9-24-16(12)22)14-3-2-10-5-15(28-17(10)25-14)19(26,27)13-6-18(20,21)7-13;1-2/h2-5,8-9,13,26-27H,6-7H2,1H3,(H2,22,24);1-2H3. The van der Waals surface area contributed by atoms with Gasteiger partial charge in [-0.15, -0.1) is 11.3 Å². The summed E-state index contributed by atoms with van der Waals surface area (Å²) in [6, 6.07) is 6.99. The zero-order valence-electron chi connectivity index (χ0n) is 16.9. The summed E-state index contributed by atoms with van der Waals surface area (Å²) in [5, 5.41) is 21.5. The average Bonchev–Trinajstić information content (AvgIpc) is 3.14. The quantitative estimate of drug-likeness (QED) is 0.422. The van der Waals surface area contributed by atoms with Gasteiger partial charge < -0.3 is 15.9 Å². The molecule has 4 N–H and O–H groups in total. The molecule has 0 bridgehead atoms. The van der Waals surface area contributed by atoms with Gasteiger partial charge in [-0.2, -0.15) is 0 Å². The van der Waals surface area contributed by atoms with Gasteiger partial charge in [-0.3, -0.25) is 4.99 Å². The Morgan fingerprint density at radius 1 is 1.27 bits per heavy atom. The molecule has 3 aromatic rings. The number of nitrogens with zero attached hydrogens (tertiary/aromatic N) is 3. The summed E-state index contributed by atoms with van der Waals surface area (Å²) in [6.45, 7) is 4.00. The molecular weight excluding hydrogens is 410 g/mol. The van der Waals surface area contributed by atoms with Crippen LogP contribution in [0.5, 0.6) is 0 Å². The number of nitrogen functional groups attached to an aromatic ring is 1. The van der Waals surface area contributed by atoms with Crippen molar-refractivity contribution >= 4 is 33.6 Å². The fourth-order valence-electron chi connectivity index (χ4n) is 3.28. The number of hydrogen-bond donors (Lipinski definition) is 3. The predicted molar refractivity (Wildman–Crippen MR) is 116 cm³/mol. The maximum atomic E-state index is 13.1. The van der Waals surface area contributed by atoms with E-state index < -0.39 is 30.5 Å². The highest BCUT2D eigenvalue weighted by atomic mass is 32.1. The van der Waals surface area contributed by atoms with Crippen molar-refractivity contribution < 1.29 is 19.0 Å². The Labute approximate surface area is 177 Å². The van der Waals surface area contributed by atoms with Gasteiger partial charge in [0.2, 0.25) is 11.7 Å². The molecule has 6 nitrogen and oxygen atoms in total. The molecule has 0 spiro atoms. The van der Waals surface area contributed by atoms with Gasteiger partial charge in [0.05, 0.1) is 10.6 Å². The number of anilines is 1. The molecule has 0 aromatic carbocycles. The number of hydrogen-bond acceptors (Lipinski definition) is 7. The minimum atomic E-state index is -2.83. The number of aliphatic imine (C=N–C) groups is 1. The highest BCUT2D eigenvalue weighted by molar-refractivity contribution is 7.18. The lowest BCUT2D eigenvalue weighted by Crippen LogP contribution is -2.48. The smallest absolute Gasteiger partial charge is 0.249 e. The highest BCUT2D eigenvalue weighted by Crippen LogP contribution is 2.51. The molecule has 1 aliphatic rings. The number of nitrogens with two attached hydrogens (primary N) is 1. The van der Waals surface area contributed by atoms with E-state index in [4.69, 9.17) is 5.73 Å². The molecule has 30 heavy (non-hydrogen) atoms. The van der Waals surface area contributed by atoms with Crippen molar-refractivity contribution in [3.05, 3.63) is 40.9 Å². The SMILES string of the molecule is CC.CN=Cc1cc(-c2ccc3cc(C(O)(O)C4CC(F)(F)C4)sc3n2)cnc1N. The van der Waals surface area contributed by atoms with Crippen LogP contribution < -0.4 is 5.73 Å². The van der Waals surface area contributed by atoms with E-state index in [9.17, 15) is 19.0 Å². The van der Waals surface area contributed by atoms with Gasteiger partial charge in [-0.05, 0) is 24.3 Å². The van der Waals surface area contributed by atoms with Crippen molar-refractivity contribution in [1.29, 1.82) is 0 Å². The first-order valence-electron chi connectivity index (χ1n) is 9.61. The van der Waals surface area contributed by atoms with E-state index in [1.807, 2.05) is 19.9 Å². The van der Waals surface area contributed by atoms with Crippen LogP contribution in [0.25, 0.3) is 21.5 Å². The Bertz CT molecular complexity index is 1070. The summed E-state index contributed by atoms with van der Waals surface area (Å²) in [5.41, 5.74) is 7.87. The van der Waals surface area contributed by atoms with Crippen LogP contribution in [0.3, 0.4) is 0 Å². The minimum Gasteiger partial charge on any atom is -0.383 e. The normalized spacial score (nSPS) is 16.4. The summed E-state index contributed by atoms with van der Waals surface area (Å²) in [5.74, 6) is -5.66. The third-order valence-electron chi connectivity index (χ3n) is 4.92. The van der Waals surface area contributed by atoms with Gasteiger partial charge in [0.1, 0.15) is 10.6 Å². The van der Waals surface area contributed by atoms with E-state index in [0.29, 0.717) is 27.3 Å². The molecule has 0 aliphatic heterocycles. The first-order chi connectivity index (χ1) is 14.2. The maximum Gasteiger partial charge on any atom is 0.249 e. The number of fused-ring (bicyclic) bond motifs is 1. The Balaban J connectivity index is 0.00000124. The molecule has 1 aliphatic carbocycles. The van der Waals surface area contributed by atoms with Crippen LogP contribution >= 0.6 is 11.3 Å². The predicted octanol–water partition coefficient (Wildman–Crippen LogP) is 4.20. The Hall–Kier alpha value is -2.49. The van der Waals surface area contributed by atoms with Crippen molar-refractivity contribution in [2.24, 2.45) is 10.9 Å². The van der Waals surface area contributed by atoms with Crippen molar-refractivity contribution in [3.8, 4) is 11.3 Å². The summed E-state index contributed by atoms with van der Waals surface area (Å²) < 4.78 is 26.3. The minimum absolute atomic E-state index is 0.210. The van der Waals surface area contributed by atoms with Crippen molar-refractivity contribution in [1.82, 2.24) is 9.97 Å². The zero-order valence-corrected chi connectivity index (χ0v) is 17.7. The number of thiophene rings is 1. The number of halogens is 2. The third kappa shape index (κ3) is 4.19. The van der Waals surface area contributed by atoms with Gasteiger partial charge in [-0.1, -0.05) is 13.8 Å². The van der Waals surface area contributed by atoms with E-state index in [1.165, 1.54) is 0 Å². The largest absolute Gasteiger partial charge is 0.383 e. The summed E-state index contributed by atoms with van der Waals surface area (Å²) >= 11 is 1.08. The molecule has 160 valence electrons. The van der Waals surface area contributed by atoms with E-state index in [1.54, 1.807) is 37.7 Å². The van der Waals surface area contributed by atoms with Gasteiger partial charge in [0, 0.05) is 54.7 Å². The molecule has 0 amide bonds. The van der Waals surface area contributed by atoms with Crippen LogP contribution in [0.4, 0.5) is 14.6 Å². The molecule has 9 heteroatoms. The average molecular weight is 435 g/mol. The van der Waals surface area contributed by atoms with Crippen LogP contribution in [-0.2, 0) is 5.79 Å². The second-order valence-corrected chi connectivity index (χ2v) is 8.01. The Morgan fingerprint density at radius 2 is 1.97 bits per heavy atom. The van der Waals surface area contributed by atoms with E-state index in [2.05, 4.69) is 15.0 Å². The molecular formula is C21H24F2N4O2S. The molecule has 3 aromatic heterocycles. The summed E-state index contributed by atoms with van der Waals surface area (Å²) in [4.78, 5) is 13.5. The second-order valence-electron chi connectivity index (χ2n) is 6.97. The lowest BCUT2D eigenvalue weighted by atomic mass is 9.75. The molecule has 0 saturated heterocycles. The molecule has 3 heterocycles. The van der Waals surface area contributed by atoms with Crippen molar-refractivity contribution in [2.45, 2.75) is 38.4 Å². The van der Waals surface area contributed by atoms with Crippen LogP contribution in [-0.4, -0.2) is 39.4 Å². The summed E-state index contributed by atoms with van der Waals surface area (Å²) in [6.07, 6.45) is 2.13. The number of alkyl halides is 2. The lowest BCUT2D eigenvalue weighted by molar-refractivity contribution is -0.271. The van der Waals surface area contributed by atoms with Crippen LogP contribution in [0.1, 0.15) is 37.1 Å². The number of rotatable bonds is 4. The van der Waals surface area contributed by atoms with E-state index >= 15 is 0 Å². The van der Waals surface area contributed by atoms with Crippen LogP contribution in [0.2, 0.25) is 0 Å². The molecule has 0 unspecified atom stereocenters. The molecule has 1 fully saturated rings. The van der Waals surface area contributed by atoms with E-state index in [0.717, 1.165) is 16.9 Å². The van der Waals surface area contributed by atoms with Gasteiger partial charge in [0.15, 0.2) is 0 Å². The number of pyridine rings is 2. The second kappa shape index (κ2) is 8.33. The molecule has 0 atom stereocenters. The lowest BCUT2D eigenvalue weighted by Gasteiger charge is -2.41. The van der Waals surface area contributed by atoms with Crippen LogP contribution in [0.15, 0.2) is 35.5 Å². The van der Waals surface area contributed by atoms with Crippen molar-refractivity contribution in [3.63, 3.8) is 0 Å². The number of aliphatic hydroxyl groups is 2. The van der Waals surface area contributed by atoms with Gasteiger partial charge in [0.25, 0.3) is 0 Å². The highest BCUT2D eigenvalue weighted by Gasteiger charge is 2.55.